The van der Waals surface area contributed by atoms with Crippen LogP contribution in [0.15, 0.2) is 0 Å². The van der Waals surface area contributed by atoms with Gasteiger partial charge in [-0.2, -0.15) is 0 Å². The molecule has 1 aliphatic heterocycles. The van der Waals surface area contributed by atoms with Crippen LogP contribution in [-0.2, 0) is 24.2 Å². The number of rotatable bonds is 7. The lowest BCUT2D eigenvalue weighted by Gasteiger charge is -2.21. The zero-order valence-electron chi connectivity index (χ0n) is 12.9. The zero-order valence-corrected chi connectivity index (χ0v) is 12.9. The molecule has 5 nitrogen and oxygen atoms in total. The molecular weight excluding hydrogens is 252 g/mol. The monoisotopic (exact) mass is 278 g/mol. The lowest BCUT2D eigenvalue weighted by molar-refractivity contribution is 0.109. The molecule has 0 bridgehead atoms. The topological polar surface area (TPSA) is 50.3 Å². The van der Waals surface area contributed by atoms with Crippen LogP contribution in [0, 0.1) is 0 Å². The average Bonchev–Trinajstić information content (AvgIpc) is 2.48. The van der Waals surface area contributed by atoms with E-state index < -0.39 is 0 Å². The number of hydrogen-bond donors (Lipinski definition) is 1. The van der Waals surface area contributed by atoms with Crippen molar-refractivity contribution in [2.45, 2.75) is 40.2 Å². The molecule has 0 saturated carbocycles. The van der Waals surface area contributed by atoms with Crippen LogP contribution in [0.4, 0.5) is 5.82 Å². The summed E-state index contributed by atoms with van der Waals surface area (Å²) in [6.07, 6.45) is 1.81. The van der Waals surface area contributed by atoms with E-state index in [-0.39, 0.29) is 0 Å². The van der Waals surface area contributed by atoms with Crippen molar-refractivity contribution in [1.82, 2.24) is 14.9 Å². The molecule has 2 heterocycles. The van der Waals surface area contributed by atoms with Gasteiger partial charge < -0.3 is 15.0 Å². The van der Waals surface area contributed by atoms with Crippen molar-refractivity contribution in [3.63, 3.8) is 0 Å². The Morgan fingerprint density at radius 2 is 2.00 bits per heavy atom. The highest BCUT2D eigenvalue weighted by Crippen LogP contribution is 2.22. The Bertz CT molecular complexity index is 432. The fourth-order valence-corrected chi connectivity index (χ4v) is 2.51. The first-order valence-corrected chi connectivity index (χ1v) is 7.71. The largest absolute Gasteiger partial charge is 0.376 e. The molecule has 0 fully saturated rings. The van der Waals surface area contributed by atoms with E-state index in [2.05, 4.69) is 36.0 Å². The van der Waals surface area contributed by atoms with Crippen molar-refractivity contribution in [3.8, 4) is 0 Å². The predicted molar refractivity (Wildman–Crippen MR) is 81.0 cm³/mol. The third-order valence-electron chi connectivity index (χ3n) is 3.76. The van der Waals surface area contributed by atoms with Crippen LogP contribution in [0.5, 0.6) is 0 Å². The van der Waals surface area contributed by atoms with Crippen molar-refractivity contribution in [2.24, 2.45) is 0 Å². The fraction of sp³-hybridized carbons (Fsp3) is 0.733. The molecule has 5 heteroatoms. The Morgan fingerprint density at radius 1 is 1.20 bits per heavy atom. The Balaban J connectivity index is 2.14. The number of aromatic nitrogens is 2. The van der Waals surface area contributed by atoms with Crippen LogP contribution >= 0.6 is 0 Å². The van der Waals surface area contributed by atoms with Gasteiger partial charge in [-0.05, 0) is 20.0 Å². The molecule has 0 amide bonds. The molecule has 0 atom stereocenters. The summed E-state index contributed by atoms with van der Waals surface area (Å²) in [5.74, 6) is 1.92. The maximum Gasteiger partial charge on any atom is 0.135 e. The van der Waals surface area contributed by atoms with Gasteiger partial charge in [-0.1, -0.05) is 13.8 Å². The maximum absolute atomic E-state index is 5.53. The van der Waals surface area contributed by atoms with Gasteiger partial charge in [-0.25, -0.2) is 9.97 Å². The molecule has 0 unspecified atom stereocenters. The van der Waals surface area contributed by atoms with E-state index in [0.717, 1.165) is 68.5 Å². The molecular formula is C15H26N4O. The van der Waals surface area contributed by atoms with Gasteiger partial charge in [0.05, 0.1) is 18.9 Å². The van der Waals surface area contributed by atoms with Gasteiger partial charge in [0.25, 0.3) is 0 Å². The Kier molecular flexibility index (Phi) is 5.73. The Labute approximate surface area is 121 Å². The predicted octanol–water partition coefficient (Wildman–Crippen LogP) is 1.87. The van der Waals surface area contributed by atoms with Crippen LogP contribution in [-0.4, -0.2) is 47.7 Å². The van der Waals surface area contributed by atoms with Crippen LogP contribution in [0.25, 0.3) is 0 Å². The molecule has 1 aliphatic rings. The first-order valence-electron chi connectivity index (χ1n) is 7.71. The van der Waals surface area contributed by atoms with E-state index in [1.54, 1.807) is 0 Å². The fourth-order valence-electron chi connectivity index (χ4n) is 2.51. The van der Waals surface area contributed by atoms with Gasteiger partial charge in [-0.15, -0.1) is 0 Å². The van der Waals surface area contributed by atoms with E-state index in [0.29, 0.717) is 6.61 Å². The van der Waals surface area contributed by atoms with Gasteiger partial charge >= 0.3 is 0 Å². The van der Waals surface area contributed by atoms with Crippen LogP contribution in [0.3, 0.4) is 0 Å². The minimum Gasteiger partial charge on any atom is -0.376 e. The number of ether oxygens (including phenoxy) is 1. The van der Waals surface area contributed by atoms with Crippen LogP contribution in [0.1, 0.15) is 37.9 Å². The van der Waals surface area contributed by atoms with Crippen molar-refractivity contribution in [2.75, 3.05) is 38.1 Å². The van der Waals surface area contributed by atoms with Gasteiger partial charge in [0, 0.05) is 31.5 Å². The summed E-state index contributed by atoms with van der Waals surface area (Å²) in [5, 5.41) is 3.35. The molecule has 20 heavy (non-hydrogen) atoms. The number of nitrogens with zero attached hydrogens (tertiary/aromatic N) is 3. The quantitative estimate of drug-likeness (QED) is 0.825. The summed E-state index contributed by atoms with van der Waals surface area (Å²) in [7, 11) is 0. The van der Waals surface area contributed by atoms with Crippen molar-refractivity contribution in [3.05, 3.63) is 17.1 Å². The van der Waals surface area contributed by atoms with Crippen LogP contribution < -0.4 is 5.32 Å². The standard InChI is InChI=1S/C15H26N4O/c1-4-16-15-12-11-20-10-8-13(12)17-14(18-15)7-9-19(5-2)6-3/h4-11H2,1-3H3,(H,16,17,18). The van der Waals surface area contributed by atoms with E-state index in [9.17, 15) is 0 Å². The normalized spacial score (nSPS) is 14.4. The third kappa shape index (κ3) is 3.67. The first-order chi connectivity index (χ1) is 9.78. The molecule has 0 aliphatic carbocycles. The maximum atomic E-state index is 5.53. The molecule has 1 aromatic heterocycles. The van der Waals surface area contributed by atoms with E-state index >= 15 is 0 Å². The van der Waals surface area contributed by atoms with Crippen molar-refractivity contribution >= 4 is 5.82 Å². The number of anilines is 1. The molecule has 2 rings (SSSR count). The summed E-state index contributed by atoms with van der Waals surface area (Å²) in [6, 6.07) is 0. The summed E-state index contributed by atoms with van der Waals surface area (Å²) in [5.41, 5.74) is 2.31. The second-order valence-electron chi connectivity index (χ2n) is 5.02. The van der Waals surface area contributed by atoms with Gasteiger partial charge in [0.15, 0.2) is 0 Å². The Hall–Kier alpha value is -1.20. The molecule has 0 radical (unpaired) electrons. The first kappa shape index (κ1) is 15.2. The highest BCUT2D eigenvalue weighted by Gasteiger charge is 2.18. The second kappa shape index (κ2) is 7.55. The summed E-state index contributed by atoms with van der Waals surface area (Å²) in [4.78, 5) is 11.8. The third-order valence-corrected chi connectivity index (χ3v) is 3.76. The number of hydrogen-bond acceptors (Lipinski definition) is 5. The van der Waals surface area contributed by atoms with Crippen molar-refractivity contribution in [1.29, 1.82) is 0 Å². The number of fused-ring (bicyclic) bond motifs is 1. The molecule has 112 valence electrons. The smallest absolute Gasteiger partial charge is 0.135 e. The highest BCUT2D eigenvalue weighted by atomic mass is 16.5. The average molecular weight is 278 g/mol. The lowest BCUT2D eigenvalue weighted by Crippen LogP contribution is -2.26. The molecule has 1 aromatic rings. The van der Waals surface area contributed by atoms with Gasteiger partial charge in [0.2, 0.25) is 0 Å². The van der Waals surface area contributed by atoms with Crippen molar-refractivity contribution < 1.29 is 4.74 Å². The molecule has 0 spiro atoms. The van der Waals surface area contributed by atoms with E-state index in [1.807, 2.05) is 0 Å². The minimum absolute atomic E-state index is 0.633. The highest BCUT2D eigenvalue weighted by molar-refractivity contribution is 5.47. The van der Waals surface area contributed by atoms with E-state index in [1.165, 1.54) is 0 Å². The number of nitrogens with one attached hydrogen (secondary N) is 1. The summed E-state index contributed by atoms with van der Waals surface area (Å²) >= 11 is 0. The lowest BCUT2D eigenvalue weighted by atomic mass is 10.1. The molecule has 0 saturated heterocycles. The van der Waals surface area contributed by atoms with Gasteiger partial charge in [-0.3, -0.25) is 0 Å². The molecule has 0 aromatic carbocycles. The SMILES string of the molecule is CCNc1nc(CCN(CC)CC)nc2c1COCC2. The molecule has 1 N–H and O–H groups in total. The van der Waals surface area contributed by atoms with E-state index in [4.69, 9.17) is 9.72 Å². The minimum atomic E-state index is 0.633. The Morgan fingerprint density at radius 3 is 2.70 bits per heavy atom. The summed E-state index contributed by atoms with van der Waals surface area (Å²) < 4.78 is 5.53. The zero-order chi connectivity index (χ0) is 14.4. The second-order valence-corrected chi connectivity index (χ2v) is 5.02. The number of likely N-dealkylation sites (N-methyl/N-ethyl adjacent to an activating group) is 1. The summed E-state index contributed by atoms with van der Waals surface area (Å²) in [6.45, 7) is 11.9. The van der Waals surface area contributed by atoms with Crippen LogP contribution in [0.2, 0.25) is 0 Å². The van der Waals surface area contributed by atoms with Gasteiger partial charge in [0.1, 0.15) is 11.6 Å².